The lowest BCUT2D eigenvalue weighted by Gasteiger charge is -2.28. The van der Waals surface area contributed by atoms with E-state index < -0.39 is 48.3 Å². The van der Waals surface area contributed by atoms with Gasteiger partial charge in [0.15, 0.2) is 12.2 Å². The first kappa shape index (κ1) is 23.7. The zero-order valence-electron chi connectivity index (χ0n) is 18.8. The van der Waals surface area contributed by atoms with Crippen molar-refractivity contribution in [3.05, 3.63) is 108 Å². The summed E-state index contributed by atoms with van der Waals surface area (Å²) in [7, 11) is 0. The normalized spacial score (nSPS) is 21.0. The molecule has 35 heavy (non-hydrogen) atoms. The molecule has 8 nitrogen and oxygen atoms in total. The highest BCUT2D eigenvalue weighted by Gasteiger charge is 2.60. The summed E-state index contributed by atoms with van der Waals surface area (Å²) < 4.78 is 21.8. The maximum Gasteiger partial charge on any atom is 0.355 e. The second kappa shape index (κ2) is 10.2. The van der Waals surface area contributed by atoms with Gasteiger partial charge in [-0.3, -0.25) is 0 Å². The number of hydrogen-bond donors (Lipinski definition) is 0. The number of carbonyl (C=O) groups is 4. The molecule has 1 fully saturated rings. The zero-order valence-corrected chi connectivity index (χ0v) is 18.8. The number of cyclic esters (lactones) is 1. The van der Waals surface area contributed by atoms with E-state index in [1.807, 2.05) is 0 Å². The second-order valence-corrected chi connectivity index (χ2v) is 7.96. The molecule has 3 aromatic rings. The maximum atomic E-state index is 12.9. The molecule has 178 valence electrons. The topological polar surface area (TPSA) is 105 Å². The Morgan fingerprint density at radius 3 is 1.71 bits per heavy atom. The average molecular weight is 474 g/mol. The van der Waals surface area contributed by atoms with Crippen LogP contribution in [-0.2, 0) is 23.7 Å². The van der Waals surface area contributed by atoms with Gasteiger partial charge in [-0.05, 0) is 43.3 Å². The van der Waals surface area contributed by atoms with Crippen molar-refractivity contribution < 1.29 is 38.1 Å². The smallest absolute Gasteiger partial charge is 0.355 e. The van der Waals surface area contributed by atoms with Crippen molar-refractivity contribution in [1.29, 1.82) is 0 Å². The summed E-state index contributed by atoms with van der Waals surface area (Å²) in [6.45, 7) is 0.892. The van der Waals surface area contributed by atoms with E-state index in [-0.39, 0.29) is 11.1 Å². The summed E-state index contributed by atoms with van der Waals surface area (Å²) in [4.78, 5) is 50.9. The van der Waals surface area contributed by atoms with Crippen LogP contribution in [0.15, 0.2) is 91.0 Å². The fourth-order valence-corrected chi connectivity index (χ4v) is 3.60. The fraction of sp³-hybridized carbons (Fsp3) is 0.185. The van der Waals surface area contributed by atoms with E-state index in [9.17, 15) is 19.2 Å². The van der Waals surface area contributed by atoms with Gasteiger partial charge in [-0.2, -0.15) is 0 Å². The van der Waals surface area contributed by atoms with Gasteiger partial charge >= 0.3 is 23.9 Å². The van der Waals surface area contributed by atoms with Gasteiger partial charge in [0.1, 0.15) is 6.61 Å². The third-order valence-electron chi connectivity index (χ3n) is 5.49. The molecule has 3 atom stereocenters. The number of hydrogen-bond acceptors (Lipinski definition) is 8. The highest BCUT2D eigenvalue weighted by Crippen LogP contribution is 2.34. The molecule has 4 rings (SSSR count). The highest BCUT2D eigenvalue weighted by atomic mass is 16.7. The standard InChI is InChI=1S/C27H22O8/c1-27(35-25(30)20-15-9-4-10-16-20)22(34-24(29)19-13-7-3-8-14-19)21(33-26(27)31)17-32-23(28)18-11-5-2-6-12-18/h2-16,21-22H,17H2,1H3/t21?,22?,27-/m0/s1. The number of benzene rings is 3. The third-order valence-corrected chi connectivity index (χ3v) is 5.49. The lowest BCUT2D eigenvalue weighted by molar-refractivity contribution is -0.156. The van der Waals surface area contributed by atoms with Crippen LogP contribution in [0, 0.1) is 0 Å². The molecule has 0 N–H and O–H groups in total. The minimum atomic E-state index is -1.97. The molecule has 1 aliphatic heterocycles. The van der Waals surface area contributed by atoms with Crippen LogP contribution in [0.25, 0.3) is 0 Å². The molecule has 0 bridgehead atoms. The molecule has 0 aromatic heterocycles. The van der Waals surface area contributed by atoms with Crippen LogP contribution in [0.1, 0.15) is 38.0 Å². The predicted octanol–water partition coefficient (Wildman–Crippen LogP) is 3.61. The Bertz CT molecular complexity index is 1210. The van der Waals surface area contributed by atoms with Crippen molar-refractivity contribution in [3.8, 4) is 0 Å². The number of ether oxygens (including phenoxy) is 4. The largest absolute Gasteiger partial charge is 0.458 e. The van der Waals surface area contributed by atoms with Crippen molar-refractivity contribution in [2.45, 2.75) is 24.7 Å². The lowest BCUT2D eigenvalue weighted by atomic mass is 9.97. The van der Waals surface area contributed by atoms with Gasteiger partial charge in [0.25, 0.3) is 0 Å². The van der Waals surface area contributed by atoms with Gasteiger partial charge in [-0.15, -0.1) is 0 Å². The van der Waals surface area contributed by atoms with Crippen molar-refractivity contribution in [3.63, 3.8) is 0 Å². The Morgan fingerprint density at radius 1 is 0.743 bits per heavy atom. The number of rotatable bonds is 7. The molecule has 1 saturated heterocycles. The molecule has 2 unspecified atom stereocenters. The first-order chi connectivity index (χ1) is 16.9. The molecule has 0 saturated carbocycles. The van der Waals surface area contributed by atoms with Crippen LogP contribution in [0.5, 0.6) is 0 Å². The minimum absolute atomic E-state index is 0.202. The Labute approximate surface area is 201 Å². The Balaban J connectivity index is 1.57. The molecule has 0 spiro atoms. The van der Waals surface area contributed by atoms with E-state index in [0.29, 0.717) is 5.56 Å². The number of carbonyl (C=O) groups excluding carboxylic acids is 4. The van der Waals surface area contributed by atoms with Gasteiger partial charge in [0, 0.05) is 0 Å². The summed E-state index contributed by atoms with van der Waals surface area (Å²) in [5, 5.41) is 0. The first-order valence-corrected chi connectivity index (χ1v) is 10.9. The summed E-state index contributed by atoms with van der Waals surface area (Å²) in [5.41, 5.74) is -1.24. The second-order valence-electron chi connectivity index (χ2n) is 7.96. The fourth-order valence-electron chi connectivity index (χ4n) is 3.60. The predicted molar refractivity (Wildman–Crippen MR) is 123 cm³/mol. The van der Waals surface area contributed by atoms with Crippen molar-refractivity contribution >= 4 is 23.9 Å². The van der Waals surface area contributed by atoms with Crippen molar-refractivity contribution in [2.75, 3.05) is 6.61 Å². The van der Waals surface area contributed by atoms with E-state index >= 15 is 0 Å². The molecule has 3 aromatic carbocycles. The minimum Gasteiger partial charge on any atom is -0.458 e. The Hall–Kier alpha value is -4.46. The maximum absolute atomic E-state index is 12.9. The summed E-state index contributed by atoms with van der Waals surface area (Å²) in [6.07, 6.45) is -2.57. The summed E-state index contributed by atoms with van der Waals surface area (Å²) in [5.74, 6) is -3.12. The Kier molecular flexibility index (Phi) is 6.91. The van der Waals surface area contributed by atoms with E-state index in [2.05, 4.69) is 0 Å². The van der Waals surface area contributed by atoms with Crippen LogP contribution in [-0.4, -0.2) is 48.3 Å². The first-order valence-electron chi connectivity index (χ1n) is 10.9. The average Bonchev–Trinajstić information content (AvgIpc) is 3.12. The Morgan fingerprint density at radius 2 is 1.20 bits per heavy atom. The highest BCUT2D eigenvalue weighted by molar-refractivity contribution is 5.95. The van der Waals surface area contributed by atoms with Crippen molar-refractivity contribution in [1.82, 2.24) is 0 Å². The molecular weight excluding hydrogens is 452 g/mol. The molecule has 0 aliphatic carbocycles. The molecule has 0 amide bonds. The van der Waals surface area contributed by atoms with Crippen LogP contribution in [0.3, 0.4) is 0 Å². The van der Waals surface area contributed by atoms with Gasteiger partial charge < -0.3 is 18.9 Å². The lowest BCUT2D eigenvalue weighted by Crippen LogP contribution is -2.50. The molecular formula is C27H22O8. The number of esters is 4. The molecule has 8 heteroatoms. The summed E-state index contributed by atoms with van der Waals surface area (Å²) in [6, 6.07) is 24.4. The monoisotopic (exact) mass is 474 g/mol. The quantitative estimate of drug-likeness (QED) is 0.378. The third kappa shape index (κ3) is 5.22. The van der Waals surface area contributed by atoms with Crippen LogP contribution in [0.2, 0.25) is 0 Å². The van der Waals surface area contributed by atoms with Gasteiger partial charge in [-0.25, -0.2) is 19.2 Å². The summed E-state index contributed by atoms with van der Waals surface area (Å²) >= 11 is 0. The molecule has 1 heterocycles. The van der Waals surface area contributed by atoms with Gasteiger partial charge in [0.2, 0.25) is 5.60 Å². The molecule has 1 aliphatic rings. The SMILES string of the molecule is C[C@@]1(OC(=O)c2ccccc2)C(=O)OC(COC(=O)c2ccccc2)C1OC(=O)c1ccccc1. The van der Waals surface area contributed by atoms with Crippen LogP contribution < -0.4 is 0 Å². The van der Waals surface area contributed by atoms with E-state index in [4.69, 9.17) is 18.9 Å². The van der Waals surface area contributed by atoms with Gasteiger partial charge in [-0.1, -0.05) is 54.6 Å². The zero-order chi connectivity index (χ0) is 24.8. The van der Waals surface area contributed by atoms with Crippen LogP contribution >= 0.6 is 0 Å². The van der Waals surface area contributed by atoms with E-state index in [0.717, 1.165) is 0 Å². The van der Waals surface area contributed by atoms with Crippen molar-refractivity contribution in [2.24, 2.45) is 0 Å². The van der Waals surface area contributed by atoms with Gasteiger partial charge in [0.05, 0.1) is 16.7 Å². The van der Waals surface area contributed by atoms with Crippen LogP contribution in [0.4, 0.5) is 0 Å². The van der Waals surface area contributed by atoms with E-state index in [1.165, 1.54) is 31.2 Å². The molecule has 0 radical (unpaired) electrons. The van der Waals surface area contributed by atoms with E-state index in [1.54, 1.807) is 66.7 Å².